The Kier molecular flexibility index (Phi) is 5.74. The molecular weight excluding hydrogens is 347 g/mol. The molecule has 6 heteroatoms. The molecule has 3 rings (SSSR count). The van der Waals surface area contributed by atoms with E-state index in [1.807, 2.05) is 13.0 Å². The largest absolute Gasteiger partial charge is 0.492 e. The first kappa shape index (κ1) is 18.9. The van der Waals surface area contributed by atoms with Crippen molar-refractivity contribution in [2.24, 2.45) is 5.41 Å². The first-order valence-corrected chi connectivity index (χ1v) is 9.11. The van der Waals surface area contributed by atoms with Crippen LogP contribution in [-0.4, -0.2) is 25.0 Å². The molecule has 2 amide bonds. The second kappa shape index (κ2) is 8.20. The normalized spacial score (nSPS) is 14.3. The van der Waals surface area contributed by atoms with Crippen LogP contribution in [0.3, 0.4) is 0 Å². The molecule has 0 radical (unpaired) electrons. The van der Waals surface area contributed by atoms with Crippen LogP contribution < -0.4 is 15.4 Å². The van der Waals surface area contributed by atoms with Gasteiger partial charge in [-0.15, -0.1) is 0 Å². The molecule has 0 aromatic heterocycles. The average molecular weight is 370 g/mol. The molecule has 0 spiro atoms. The van der Waals surface area contributed by atoms with E-state index < -0.39 is 5.41 Å². The highest BCUT2D eigenvalue weighted by Crippen LogP contribution is 2.47. The van der Waals surface area contributed by atoms with Crippen LogP contribution in [0.15, 0.2) is 48.5 Å². The van der Waals surface area contributed by atoms with E-state index in [9.17, 15) is 14.0 Å². The molecule has 0 unspecified atom stereocenters. The van der Waals surface area contributed by atoms with E-state index in [0.29, 0.717) is 43.9 Å². The Morgan fingerprint density at radius 1 is 1.07 bits per heavy atom. The summed E-state index contributed by atoms with van der Waals surface area (Å²) in [5, 5.41) is 5.66. The lowest BCUT2D eigenvalue weighted by Gasteiger charge is -2.17. The van der Waals surface area contributed by atoms with Crippen LogP contribution >= 0.6 is 0 Å². The number of para-hydroxylation sites is 2. The van der Waals surface area contributed by atoms with Gasteiger partial charge in [0.15, 0.2) is 0 Å². The Morgan fingerprint density at radius 3 is 2.44 bits per heavy atom. The fraction of sp³-hybridized carbons (Fsp3) is 0.333. The number of carbonyl (C=O) groups is 2. The summed E-state index contributed by atoms with van der Waals surface area (Å²) in [5.41, 5.74) is 0.480. The SMILES string of the molecule is CCOc1ccccc1NC(=O)C1(C(=O)NCCc2ccc(F)cc2)CC1. The second-order valence-corrected chi connectivity index (χ2v) is 6.60. The van der Waals surface area contributed by atoms with Crippen molar-refractivity contribution in [2.75, 3.05) is 18.5 Å². The number of ether oxygens (including phenoxy) is 1. The highest BCUT2D eigenvalue weighted by Gasteiger charge is 2.56. The summed E-state index contributed by atoms with van der Waals surface area (Å²) in [5.74, 6) is -0.283. The zero-order chi connectivity index (χ0) is 19.3. The maximum Gasteiger partial charge on any atom is 0.240 e. The molecule has 1 fully saturated rings. The minimum absolute atomic E-state index is 0.268. The third kappa shape index (κ3) is 4.45. The van der Waals surface area contributed by atoms with Crippen molar-refractivity contribution in [3.05, 3.63) is 59.9 Å². The lowest BCUT2D eigenvalue weighted by Crippen LogP contribution is -2.40. The number of nitrogens with one attached hydrogen (secondary N) is 2. The van der Waals surface area contributed by atoms with Crippen LogP contribution in [0.1, 0.15) is 25.3 Å². The number of benzene rings is 2. The van der Waals surface area contributed by atoms with Gasteiger partial charge in [0, 0.05) is 6.54 Å². The Hall–Kier alpha value is -2.89. The topological polar surface area (TPSA) is 67.4 Å². The van der Waals surface area contributed by atoms with E-state index in [2.05, 4.69) is 10.6 Å². The maximum absolute atomic E-state index is 12.9. The van der Waals surface area contributed by atoms with Crippen molar-refractivity contribution in [2.45, 2.75) is 26.2 Å². The van der Waals surface area contributed by atoms with Gasteiger partial charge in [-0.05, 0) is 56.0 Å². The van der Waals surface area contributed by atoms with Gasteiger partial charge in [-0.25, -0.2) is 4.39 Å². The number of anilines is 1. The minimum atomic E-state index is -1.01. The number of hydrogen-bond acceptors (Lipinski definition) is 3. The van der Waals surface area contributed by atoms with E-state index in [1.165, 1.54) is 12.1 Å². The molecule has 5 nitrogen and oxygen atoms in total. The van der Waals surface area contributed by atoms with Crippen molar-refractivity contribution in [1.29, 1.82) is 0 Å². The summed E-state index contributed by atoms with van der Waals surface area (Å²) in [6.07, 6.45) is 1.63. The van der Waals surface area contributed by atoms with Crippen LogP contribution in [-0.2, 0) is 16.0 Å². The summed E-state index contributed by atoms with van der Waals surface area (Å²) < 4.78 is 18.4. The quantitative estimate of drug-likeness (QED) is 0.701. The smallest absolute Gasteiger partial charge is 0.240 e. The number of carbonyl (C=O) groups excluding carboxylic acids is 2. The van der Waals surface area contributed by atoms with Crippen LogP contribution in [0.5, 0.6) is 5.75 Å². The maximum atomic E-state index is 12.9. The van der Waals surface area contributed by atoms with Gasteiger partial charge in [-0.2, -0.15) is 0 Å². The zero-order valence-electron chi connectivity index (χ0n) is 15.3. The van der Waals surface area contributed by atoms with Crippen LogP contribution in [0.25, 0.3) is 0 Å². The van der Waals surface area contributed by atoms with Crippen molar-refractivity contribution >= 4 is 17.5 Å². The molecule has 2 N–H and O–H groups in total. The molecule has 0 aliphatic heterocycles. The molecule has 2 aromatic rings. The number of rotatable bonds is 8. The summed E-state index contributed by atoms with van der Waals surface area (Å²) in [6, 6.07) is 13.3. The van der Waals surface area contributed by atoms with Crippen LogP contribution in [0, 0.1) is 11.2 Å². The fourth-order valence-corrected chi connectivity index (χ4v) is 2.92. The molecule has 0 heterocycles. The Morgan fingerprint density at radius 2 is 1.78 bits per heavy atom. The summed E-state index contributed by atoms with van der Waals surface area (Å²) >= 11 is 0. The van der Waals surface area contributed by atoms with E-state index in [1.54, 1.807) is 30.3 Å². The first-order chi connectivity index (χ1) is 13.0. The lowest BCUT2D eigenvalue weighted by molar-refractivity contribution is -0.134. The third-order valence-corrected chi connectivity index (χ3v) is 4.67. The van der Waals surface area contributed by atoms with E-state index in [-0.39, 0.29) is 17.6 Å². The zero-order valence-corrected chi connectivity index (χ0v) is 15.3. The number of halogens is 1. The summed E-state index contributed by atoms with van der Waals surface area (Å²) in [4.78, 5) is 25.2. The number of hydrogen-bond donors (Lipinski definition) is 2. The molecule has 2 aromatic carbocycles. The van der Waals surface area contributed by atoms with E-state index in [0.717, 1.165) is 5.56 Å². The molecule has 0 bridgehead atoms. The van der Waals surface area contributed by atoms with Gasteiger partial charge in [-0.3, -0.25) is 9.59 Å². The second-order valence-electron chi connectivity index (χ2n) is 6.60. The highest BCUT2D eigenvalue weighted by molar-refractivity contribution is 6.13. The predicted molar refractivity (Wildman–Crippen MR) is 101 cm³/mol. The lowest BCUT2D eigenvalue weighted by atomic mass is 10.0. The molecule has 1 aliphatic carbocycles. The van der Waals surface area contributed by atoms with Crippen molar-refractivity contribution in [3.63, 3.8) is 0 Å². The molecular formula is C21H23FN2O3. The van der Waals surface area contributed by atoms with Gasteiger partial charge in [0.2, 0.25) is 11.8 Å². The summed E-state index contributed by atoms with van der Waals surface area (Å²) in [6.45, 7) is 2.76. The number of amides is 2. The Bertz CT molecular complexity index is 816. The minimum Gasteiger partial charge on any atom is -0.492 e. The monoisotopic (exact) mass is 370 g/mol. The molecule has 0 atom stereocenters. The van der Waals surface area contributed by atoms with Crippen molar-refractivity contribution in [1.82, 2.24) is 5.32 Å². The Labute approximate surface area is 157 Å². The highest BCUT2D eigenvalue weighted by atomic mass is 19.1. The summed E-state index contributed by atoms with van der Waals surface area (Å²) in [7, 11) is 0. The van der Waals surface area contributed by atoms with Crippen molar-refractivity contribution < 1.29 is 18.7 Å². The molecule has 1 saturated carbocycles. The van der Waals surface area contributed by atoms with Gasteiger partial charge >= 0.3 is 0 Å². The van der Waals surface area contributed by atoms with E-state index in [4.69, 9.17) is 4.74 Å². The van der Waals surface area contributed by atoms with Crippen LogP contribution in [0.4, 0.5) is 10.1 Å². The third-order valence-electron chi connectivity index (χ3n) is 4.67. The van der Waals surface area contributed by atoms with Gasteiger partial charge in [0.1, 0.15) is 17.0 Å². The van der Waals surface area contributed by atoms with E-state index >= 15 is 0 Å². The predicted octanol–water partition coefficient (Wildman–Crippen LogP) is 3.30. The van der Waals surface area contributed by atoms with Gasteiger partial charge in [-0.1, -0.05) is 24.3 Å². The van der Waals surface area contributed by atoms with Gasteiger partial charge in [0.25, 0.3) is 0 Å². The molecule has 0 saturated heterocycles. The first-order valence-electron chi connectivity index (χ1n) is 9.11. The average Bonchev–Trinajstić information content (AvgIpc) is 3.47. The standard InChI is InChI=1S/C21H23FN2O3/c1-2-27-18-6-4-3-5-17(18)24-20(26)21(12-13-21)19(25)23-14-11-15-7-9-16(22)10-8-15/h3-10H,2,11-14H2,1H3,(H,23,25)(H,24,26). The van der Waals surface area contributed by atoms with Crippen molar-refractivity contribution in [3.8, 4) is 5.75 Å². The van der Waals surface area contributed by atoms with Gasteiger partial charge in [0.05, 0.1) is 12.3 Å². The van der Waals surface area contributed by atoms with Gasteiger partial charge < -0.3 is 15.4 Å². The fourth-order valence-electron chi connectivity index (χ4n) is 2.92. The molecule has 142 valence electrons. The Balaban J connectivity index is 1.56. The van der Waals surface area contributed by atoms with Crippen LogP contribution in [0.2, 0.25) is 0 Å². The molecule has 1 aliphatic rings. The molecule has 27 heavy (non-hydrogen) atoms.